The molecule has 0 aliphatic carbocycles. The van der Waals surface area contributed by atoms with Crippen LogP contribution in [-0.2, 0) is 0 Å². The molecule has 0 aliphatic rings. The highest BCUT2D eigenvalue weighted by Gasteiger charge is 2.22. The number of rotatable bonds is 4. The maximum atomic E-state index is 12.5. The molecule has 3 heteroatoms. The zero-order chi connectivity index (χ0) is 18.0. The van der Waals surface area contributed by atoms with E-state index in [2.05, 4.69) is 31.2 Å². The zero-order valence-corrected chi connectivity index (χ0v) is 15.6. The van der Waals surface area contributed by atoms with E-state index >= 15 is 0 Å². The van der Waals surface area contributed by atoms with Crippen molar-refractivity contribution in [3.05, 3.63) is 82.9 Å². The van der Waals surface area contributed by atoms with Crippen molar-refractivity contribution in [3.8, 4) is 22.3 Å². The number of hydrogen-bond donors (Lipinski definition) is 1. The van der Waals surface area contributed by atoms with Gasteiger partial charge in [0.05, 0.1) is 8.81 Å². The monoisotopic (exact) mass is 348 g/mol. The van der Waals surface area contributed by atoms with Crippen LogP contribution in [0.1, 0.15) is 27.0 Å². The van der Waals surface area contributed by atoms with Crippen LogP contribution in [0.15, 0.2) is 60.7 Å². The SMILES string of the molecule is Cc1c(C(=O)PO)c(C)c(-c2ccccc2)c(C)c1-c1ccccc1. The van der Waals surface area contributed by atoms with E-state index in [9.17, 15) is 9.69 Å². The molecule has 0 fully saturated rings. The van der Waals surface area contributed by atoms with Crippen LogP contribution < -0.4 is 0 Å². The minimum absolute atomic E-state index is 0.204. The summed E-state index contributed by atoms with van der Waals surface area (Å²) >= 11 is 0. The van der Waals surface area contributed by atoms with Gasteiger partial charge in [-0.05, 0) is 59.7 Å². The minimum Gasteiger partial charge on any atom is -0.369 e. The maximum Gasteiger partial charge on any atom is 0.208 e. The van der Waals surface area contributed by atoms with E-state index < -0.39 is 8.81 Å². The van der Waals surface area contributed by atoms with E-state index in [4.69, 9.17) is 0 Å². The van der Waals surface area contributed by atoms with Gasteiger partial charge in [0.2, 0.25) is 5.52 Å². The van der Waals surface area contributed by atoms with E-state index in [1.54, 1.807) is 0 Å². The zero-order valence-electron chi connectivity index (χ0n) is 14.6. The Kier molecular flexibility index (Phi) is 5.13. The number of hydrogen-bond acceptors (Lipinski definition) is 2. The standard InChI is InChI=1S/C22H21O2P/c1-14-19(17-10-6-4-7-11-17)15(2)21(22(23)25-24)16(3)20(14)18-12-8-5-9-13-18/h4-13,24-25H,1-3H3. The summed E-state index contributed by atoms with van der Waals surface area (Å²) in [5.41, 5.74) is 7.80. The maximum absolute atomic E-state index is 12.5. The lowest BCUT2D eigenvalue weighted by molar-refractivity contribution is 0.107. The quantitative estimate of drug-likeness (QED) is 0.617. The van der Waals surface area contributed by atoms with Gasteiger partial charge < -0.3 is 4.89 Å². The van der Waals surface area contributed by atoms with Crippen LogP contribution in [0.25, 0.3) is 22.3 Å². The van der Waals surface area contributed by atoms with Crippen LogP contribution in [0.5, 0.6) is 0 Å². The van der Waals surface area contributed by atoms with Gasteiger partial charge in [0, 0.05) is 5.56 Å². The van der Waals surface area contributed by atoms with Gasteiger partial charge in [-0.3, -0.25) is 4.79 Å². The molecule has 0 heterocycles. The second kappa shape index (κ2) is 7.31. The van der Waals surface area contributed by atoms with Crippen molar-refractivity contribution in [1.29, 1.82) is 0 Å². The third-order valence-corrected chi connectivity index (χ3v) is 5.16. The molecule has 1 atom stereocenters. The molecule has 0 spiro atoms. The topological polar surface area (TPSA) is 37.3 Å². The summed E-state index contributed by atoms with van der Waals surface area (Å²) in [5, 5.41) is 0. The molecule has 25 heavy (non-hydrogen) atoms. The summed E-state index contributed by atoms with van der Waals surface area (Å²) in [6.45, 7) is 6.06. The van der Waals surface area contributed by atoms with Gasteiger partial charge in [-0.2, -0.15) is 0 Å². The molecule has 3 rings (SSSR count). The van der Waals surface area contributed by atoms with Gasteiger partial charge in [0.1, 0.15) is 0 Å². The Morgan fingerprint density at radius 1 is 0.720 bits per heavy atom. The van der Waals surface area contributed by atoms with Gasteiger partial charge in [-0.1, -0.05) is 60.7 Å². The molecule has 126 valence electrons. The molecule has 3 aromatic carbocycles. The Morgan fingerprint density at radius 2 is 1.12 bits per heavy atom. The molecule has 0 radical (unpaired) electrons. The third kappa shape index (κ3) is 3.16. The molecule has 0 amide bonds. The molecular formula is C22H21O2P. The lowest BCUT2D eigenvalue weighted by Gasteiger charge is -2.22. The van der Waals surface area contributed by atoms with Gasteiger partial charge in [-0.15, -0.1) is 0 Å². The van der Waals surface area contributed by atoms with E-state index in [-0.39, 0.29) is 5.52 Å². The van der Waals surface area contributed by atoms with Crippen molar-refractivity contribution in [1.82, 2.24) is 0 Å². The molecule has 0 bridgehead atoms. The molecule has 2 nitrogen and oxygen atoms in total. The highest BCUT2D eigenvalue weighted by molar-refractivity contribution is 7.53. The molecule has 0 saturated heterocycles. The highest BCUT2D eigenvalue weighted by atomic mass is 31.1. The van der Waals surface area contributed by atoms with Gasteiger partial charge in [0.25, 0.3) is 0 Å². The molecule has 0 aromatic heterocycles. The summed E-state index contributed by atoms with van der Waals surface area (Å²) in [7, 11) is -0.732. The number of carbonyl (C=O) groups is 1. The fourth-order valence-electron chi connectivity index (χ4n) is 3.69. The van der Waals surface area contributed by atoms with E-state index in [0.29, 0.717) is 5.56 Å². The normalized spacial score (nSPS) is 11.2. The second-order valence-electron chi connectivity index (χ2n) is 6.17. The Morgan fingerprint density at radius 3 is 1.48 bits per heavy atom. The molecule has 0 aliphatic heterocycles. The van der Waals surface area contributed by atoms with Crippen LogP contribution in [0.2, 0.25) is 0 Å². The van der Waals surface area contributed by atoms with Crippen molar-refractivity contribution >= 4 is 14.3 Å². The average Bonchev–Trinajstić information content (AvgIpc) is 2.63. The predicted octanol–water partition coefficient (Wildman–Crippen LogP) is 5.67. The molecule has 3 aromatic rings. The van der Waals surface area contributed by atoms with Crippen LogP contribution in [0.3, 0.4) is 0 Å². The van der Waals surface area contributed by atoms with Gasteiger partial charge >= 0.3 is 0 Å². The van der Waals surface area contributed by atoms with Crippen molar-refractivity contribution in [2.75, 3.05) is 0 Å². The smallest absolute Gasteiger partial charge is 0.208 e. The van der Waals surface area contributed by atoms with Gasteiger partial charge in [-0.25, -0.2) is 0 Å². The summed E-state index contributed by atoms with van der Waals surface area (Å²) in [5.74, 6) is 0. The summed E-state index contributed by atoms with van der Waals surface area (Å²) in [6, 6.07) is 20.3. The number of benzene rings is 3. The summed E-state index contributed by atoms with van der Waals surface area (Å²) in [4.78, 5) is 22.0. The van der Waals surface area contributed by atoms with Crippen LogP contribution in [0.4, 0.5) is 0 Å². The first-order valence-electron chi connectivity index (χ1n) is 8.25. The predicted molar refractivity (Wildman–Crippen MR) is 106 cm³/mol. The van der Waals surface area contributed by atoms with E-state index in [1.807, 2.05) is 50.2 Å². The number of carbonyl (C=O) groups excluding carboxylic acids is 1. The third-order valence-electron chi connectivity index (χ3n) is 4.70. The average molecular weight is 348 g/mol. The van der Waals surface area contributed by atoms with Crippen molar-refractivity contribution in [2.24, 2.45) is 0 Å². The Hall–Kier alpha value is -2.28. The second-order valence-corrected chi connectivity index (χ2v) is 6.85. The lowest BCUT2D eigenvalue weighted by Crippen LogP contribution is -2.06. The fraction of sp³-hybridized carbons (Fsp3) is 0.136. The van der Waals surface area contributed by atoms with Gasteiger partial charge in [0.15, 0.2) is 0 Å². The molecule has 1 unspecified atom stereocenters. The van der Waals surface area contributed by atoms with Crippen molar-refractivity contribution in [2.45, 2.75) is 20.8 Å². The minimum atomic E-state index is -0.732. The van der Waals surface area contributed by atoms with Crippen LogP contribution >= 0.6 is 8.81 Å². The van der Waals surface area contributed by atoms with Crippen molar-refractivity contribution in [3.63, 3.8) is 0 Å². The van der Waals surface area contributed by atoms with Crippen LogP contribution in [0, 0.1) is 20.8 Å². The lowest BCUT2D eigenvalue weighted by atomic mass is 9.83. The highest BCUT2D eigenvalue weighted by Crippen LogP contribution is 2.40. The first kappa shape index (κ1) is 17.5. The molecular weight excluding hydrogens is 327 g/mol. The molecule has 0 saturated carbocycles. The Labute approximate surface area is 150 Å². The first-order valence-corrected chi connectivity index (χ1v) is 9.20. The molecule has 1 N–H and O–H groups in total. The first-order chi connectivity index (χ1) is 12.1. The Balaban J connectivity index is 2.42. The summed E-state index contributed by atoms with van der Waals surface area (Å²) < 4.78 is 0. The van der Waals surface area contributed by atoms with E-state index in [0.717, 1.165) is 38.9 Å². The fourth-order valence-corrected chi connectivity index (χ4v) is 4.18. The summed E-state index contributed by atoms with van der Waals surface area (Å²) in [6.07, 6.45) is 0. The largest absolute Gasteiger partial charge is 0.369 e. The Bertz CT molecular complexity index is 849. The van der Waals surface area contributed by atoms with E-state index in [1.165, 1.54) is 0 Å². The van der Waals surface area contributed by atoms with Crippen molar-refractivity contribution < 1.29 is 9.69 Å². The van der Waals surface area contributed by atoms with Crippen LogP contribution in [-0.4, -0.2) is 10.4 Å².